The lowest BCUT2D eigenvalue weighted by molar-refractivity contribution is -0.143. The Morgan fingerprint density at radius 1 is 0.474 bits per heavy atom. The van der Waals surface area contributed by atoms with Crippen molar-refractivity contribution in [1.82, 2.24) is 5.32 Å². The molecule has 2 atom stereocenters. The first kappa shape index (κ1) is 55.6. The maximum Gasteiger partial charge on any atom is 0.305 e. The summed E-state index contributed by atoms with van der Waals surface area (Å²) in [6.45, 7) is 4.85. The van der Waals surface area contributed by atoms with Crippen LogP contribution in [-0.4, -0.2) is 47.4 Å². The number of unbranched alkanes of at least 4 members (excludes halogenated alkanes) is 36. The molecule has 0 saturated heterocycles. The van der Waals surface area contributed by atoms with E-state index in [4.69, 9.17) is 4.74 Å². The second-order valence-corrected chi connectivity index (χ2v) is 17.5. The van der Waals surface area contributed by atoms with Crippen LogP contribution in [0.2, 0.25) is 0 Å². The highest BCUT2D eigenvalue weighted by atomic mass is 16.5. The highest BCUT2D eigenvalue weighted by Crippen LogP contribution is 2.16. The van der Waals surface area contributed by atoms with Crippen LogP contribution in [0.5, 0.6) is 0 Å². The first-order valence-corrected chi connectivity index (χ1v) is 25.5. The predicted molar refractivity (Wildman–Crippen MR) is 246 cm³/mol. The van der Waals surface area contributed by atoms with Gasteiger partial charge in [0.05, 0.1) is 25.4 Å². The summed E-state index contributed by atoms with van der Waals surface area (Å²) in [7, 11) is 0. The molecule has 0 radical (unpaired) electrons. The number of rotatable bonds is 47. The molecule has 0 aliphatic carbocycles. The predicted octanol–water partition coefficient (Wildman–Crippen LogP) is 15.0. The van der Waals surface area contributed by atoms with E-state index in [2.05, 4.69) is 19.2 Å². The average Bonchev–Trinajstić information content (AvgIpc) is 3.21. The molecule has 0 spiro atoms. The average molecular weight is 806 g/mol. The molecule has 338 valence electrons. The van der Waals surface area contributed by atoms with Gasteiger partial charge in [-0.3, -0.25) is 9.59 Å². The molecule has 0 aliphatic heterocycles. The summed E-state index contributed by atoms with van der Waals surface area (Å²) in [6, 6.07) is -0.646. The molecule has 0 aliphatic rings. The molecule has 0 rings (SSSR count). The van der Waals surface area contributed by atoms with Crippen LogP contribution in [0.4, 0.5) is 0 Å². The van der Waals surface area contributed by atoms with E-state index in [9.17, 15) is 19.8 Å². The summed E-state index contributed by atoms with van der Waals surface area (Å²) >= 11 is 0. The molecule has 0 aromatic heterocycles. The zero-order valence-electron chi connectivity index (χ0n) is 38.3. The molecule has 0 aromatic carbocycles. The third-order valence-electron chi connectivity index (χ3n) is 11.8. The van der Waals surface area contributed by atoms with Crippen molar-refractivity contribution in [3.05, 3.63) is 12.2 Å². The van der Waals surface area contributed by atoms with Crippen LogP contribution in [-0.2, 0) is 14.3 Å². The maximum absolute atomic E-state index is 12.4. The van der Waals surface area contributed by atoms with Gasteiger partial charge < -0.3 is 20.3 Å². The smallest absolute Gasteiger partial charge is 0.305 e. The van der Waals surface area contributed by atoms with Crippen molar-refractivity contribution < 1.29 is 24.5 Å². The summed E-state index contributed by atoms with van der Waals surface area (Å²) in [6.07, 6.45) is 53.5. The lowest BCUT2D eigenvalue weighted by atomic mass is 10.0. The third kappa shape index (κ3) is 44.0. The maximum atomic E-state index is 12.4. The van der Waals surface area contributed by atoms with Crippen molar-refractivity contribution in [2.45, 2.75) is 289 Å². The summed E-state index contributed by atoms with van der Waals surface area (Å²) in [5.41, 5.74) is 0. The fraction of sp³-hybridized carbons (Fsp3) is 0.922. The highest BCUT2D eigenvalue weighted by Gasteiger charge is 2.18. The fourth-order valence-corrected chi connectivity index (χ4v) is 7.87. The minimum atomic E-state index is -0.860. The first-order valence-electron chi connectivity index (χ1n) is 25.5. The number of hydrogen-bond acceptors (Lipinski definition) is 5. The van der Waals surface area contributed by atoms with Crippen molar-refractivity contribution in [1.29, 1.82) is 0 Å². The first-order chi connectivity index (χ1) is 28.0. The molecule has 6 nitrogen and oxygen atoms in total. The monoisotopic (exact) mass is 806 g/mol. The van der Waals surface area contributed by atoms with Gasteiger partial charge in [-0.1, -0.05) is 244 Å². The molecule has 0 heterocycles. The number of carbonyl (C=O) groups is 2. The summed E-state index contributed by atoms with van der Waals surface area (Å²) < 4.78 is 5.45. The molecule has 1 amide bonds. The molecule has 3 N–H and O–H groups in total. The van der Waals surface area contributed by atoms with Gasteiger partial charge in [-0.25, -0.2) is 0 Å². The molecular weight excluding hydrogens is 707 g/mol. The van der Waals surface area contributed by atoms with E-state index in [1.807, 2.05) is 6.08 Å². The van der Waals surface area contributed by atoms with Gasteiger partial charge in [-0.2, -0.15) is 0 Å². The molecule has 0 fully saturated rings. The van der Waals surface area contributed by atoms with Crippen LogP contribution in [0.25, 0.3) is 0 Å². The van der Waals surface area contributed by atoms with Crippen LogP contribution in [0.3, 0.4) is 0 Å². The van der Waals surface area contributed by atoms with Crippen molar-refractivity contribution in [2.75, 3.05) is 13.2 Å². The lowest BCUT2D eigenvalue weighted by Gasteiger charge is -2.20. The fourth-order valence-electron chi connectivity index (χ4n) is 7.87. The van der Waals surface area contributed by atoms with Gasteiger partial charge >= 0.3 is 5.97 Å². The normalized spacial score (nSPS) is 12.7. The van der Waals surface area contributed by atoms with Crippen molar-refractivity contribution in [3.8, 4) is 0 Å². The minimum Gasteiger partial charge on any atom is -0.466 e. The Bertz CT molecular complexity index is 847. The molecule has 2 unspecified atom stereocenters. The Morgan fingerprint density at radius 2 is 0.807 bits per heavy atom. The van der Waals surface area contributed by atoms with Gasteiger partial charge in [0.25, 0.3) is 0 Å². The molecule has 0 saturated carbocycles. The van der Waals surface area contributed by atoms with Crippen LogP contribution in [0.15, 0.2) is 12.2 Å². The van der Waals surface area contributed by atoms with Crippen LogP contribution < -0.4 is 5.32 Å². The number of aliphatic hydroxyl groups is 2. The molecule has 6 heteroatoms. The van der Waals surface area contributed by atoms with Gasteiger partial charge in [0, 0.05) is 12.8 Å². The minimum absolute atomic E-state index is 0.0248. The molecular formula is C51H99NO5. The van der Waals surface area contributed by atoms with Gasteiger partial charge in [0.15, 0.2) is 0 Å². The largest absolute Gasteiger partial charge is 0.466 e. The number of aliphatic hydroxyl groups excluding tert-OH is 2. The van der Waals surface area contributed by atoms with Crippen LogP contribution in [0.1, 0.15) is 277 Å². The zero-order chi connectivity index (χ0) is 41.5. The number of carbonyl (C=O) groups excluding carboxylic acids is 2. The van der Waals surface area contributed by atoms with Gasteiger partial charge in [-0.15, -0.1) is 0 Å². The van der Waals surface area contributed by atoms with E-state index >= 15 is 0 Å². The van der Waals surface area contributed by atoms with Gasteiger partial charge in [0.1, 0.15) is 0 Å². The molecule has 0 bridgehead atoms. The van der Waals surface area contributed by atoms with Crippen molar-refractivity contribution in [3.63, 3.8) is 0 Å². The highest BCUT2D eigenvalue weighted by molar-refractivity contribution is 5.76. The number of esters is 1. The van der Waals surface area contributed by atoms with Crippen molar-refractivity contribution in [2.24, 2.45) is 0 Å². The number of ether oxygens (including phenoxy) is 1. The summed E-state index contributed by atoms with van der Waals surface area (Å²) in [4.78, 5) is 24.4. The second kappa shape index (κ2) is 47.3. The van der Waals surface area contributed by atoms with E-state index in [0.29, 0.717) is 19.4 Å². The standard InChI is InChI=1S/C51H99NO5/c1-3-5-7-9-11-13-15-17-19-20-21-22-24-27-31-35-39-43-49(54)48(47-53)52-50(55)44-40-36-32-28-26-30-34-38-42-46-57-51(56)45-41-37-33-29-25-23-18-16-14-12-10-8-6-4-2/h39,43,48-49,53-54H,3-38,40-42,44-47H2,1-2H3,(H,52,55)/b43-39+. The number of hydrogen-bond donors (Lipinski definition) is 3. The van der Waals surface area contributed by atoms with E-state index < -0.39 is 12.1 Å². The number of allylic oxidation sites excluding steroid dienone is 1. The Hall–Kier alpha value is -1.40. The molecule has 57 heavy (non-hydrogen) atoms. The van der Waals surface area contributed by atoms with E-state index in [1.54, 1.807) is 6.08 Å². The third-order valence-corrected chi connectivity index (χ3v) is 11.8. The Morgan fingerprint density at radius 3 is 1.19 bits per heavy atom. The van der Waals surface area contributed by atoms with Gasteiger partial charge in [-0.05, 0) is 32.1 Å². The Labute approximate surface area is 355 Å². The van der Waals surface area contributed by atoms with E-state index in [0.717, 1.165) is 57.8 Å². The van der Waals surface area contributed by atoms with Gasteiger partial charge in [0.2, 0.25) is 5.91 Å². The van der Waals surface area contributed by atoms with E-state index in [1.165, 1.54) is 193 Å². The van der Waals surface area contributed by atoms with Crippen LogP contribution in [0, 0.1) is 0 Å². The summed E-state index contributed by atoms with van der Waals surface area (Å²) in [5.74, 6) is -0.118. The topological polar surface area (TPSA) is 95.9 Å². The van der Waals surface area contributed by atoms with E-state index in [-0.39, 0.29) is 18.5 Å². The van der Waals surface area contributed by atoms with Crippen molar-refractivity contribution >= 4 is 11.9 Å². The zero-order valence-corrected chi connectivity index (χ0v) is 38.3. The van der Waals surface area contributed by atoms with Crippen LogP contribution >= 0.6 is 0 Å². The second-order valence-electron chi connectivity index (χ2n) is 17.5. The Kier molecular flexibility index (Phi) is 46.1. The SMILES string of the molecule is CCCCCCCCCCCCCCCCC/C=C/C(O)C(CO)NC(=O)CCCCCCCCCCCOC(=O)CCCCCCCCCCCCCCCC. The quantitative estimate of drug-likeness (QED) is 0.0323. The Balaban J connectivity index is 3.52. The molecule has 0 aromatic rings. The number of amides is 1. The number of nitrogens with one attached hydrogen (secondary N) is 1. The lowest BCUT2D eigenvalue weighted by Crippen LogP contribution is -2.45. The summed E-state index contributed by atoms with van der Waals surface area (Å²) in [5, 5.41) is 23.1.